The van der Waals surface area contributed by atoms with Gasteiger partial charge in [0.25, 0.3) is 0 Å². The number of aryl methyl sites for hydroxylation is 1. The third kappa shape index (κ3) is 1.91. The summed E-state index contributed by atoms with van der Waals surface area (Å²) in [6, 6.07) is 3.45. The molecule has 2 heterocycles. The first-order valence-corrected chi connectivity index (χ1v) is 9.87. The lowest BCUT2D eigenvalue weighted by Gasteiger charge is -2.59. The third-order valence-corrected chi connectivity index (χ3v) is 7.51. The SMILES string of the molecule is Cc1ccc(O)c2c1[C@]13CCN(CC4CC4)[C@H](C)C1(O)CCC(=O)[C@@H]3O2. The van der Waals surface area contributed by atoms with Crippen LogP contribution in [0.4, 0.5) is 0 Å². The summed E-state index contributed by atoms with van der Waals surface area (Å²) in [6.45, 7) is 5.97. The number of Topliss-reactive ketones (excluding diaryl/α,β-unsaturated/α-hetero) is 1. The van der Waals surface area contributed by atoms with Crippen LogP contribution in [-0.4, -0.2) is 51.7 Å². The van der Waals surface area contributed by atoms with E-state index in [1.165, 1.54) is 12.8 Å². The van der Waals surface area contributed by atoms with Gasteiger partial charge in [0.2, 0.25) is 0 Å². The lowest BCUT2D eigenvalue weighted by Crippen LogP contribution is -2.74. The molecule has 0 bridgehead atoms. The number of aliphatic hydroxyl groups is 1. The summed E-state index contributed by atoms with van der Waals surface area (Å²) in [6.07, 6.45) is 3.36. The number of hydrogen-bond donors (Lipinski definition) is 2. The Morgan fingerprint density at radius 1 is 1.31 bits per heavy atom. The monoisotopic (exact) mass is 357 g/mol. The van der Waals surface area contributed by atoms with Gasteiger partial charge in [-0.1, -0.05) is 6.07 Å². The summed E-state index contributed by atoms with van der Waals surface area (Å²) in [5.41, 5.74) is 0.0647. The maximum atomic E-state index is 12.8. The number of benzene rings is 1. The molecule has 26 heavy (non-hydrogen) atoms. The van der Waals surface area contributed by atoms with Crippen molar-refractivity contribution in [2.45, 2.75) is 69.1 Å². The molecule has 2 aliphatic carbocycles. The van der Waals surface area contributed by atoms with Crippen molar-refractivity contribution < 1.29 is 19.7 Å². The lowest BCUT2D eigenvalue weighted by molar-refractivity contribution is -0.181. The fourth-order valence-electron chi connectivity index (χ4n) is 5.90. The zero-order chi connectivity index (χ0) is 18.3. The first-order chi connectivity index (χ1) is 12.4. The van der Waals surface area contributed by atoms with Crippen LogP contribution in [0.25, 0.3) is 0 Å². The summed E-state index contributed by atoms with van der Waals surface area (Å²) >= 11 is 0. The molecule has 140 valence electrons. The number of carbonyl (C=O) groups excluding carboxylic acids is 1. The van der Waals surface area contributed by atoms with Crippen LogP contribution in [0.5, 0.6) is 11.5 Å². The molecule has 3 fully saturated rings. The van der Waals surface area contributed by atoms with Crippen molar-refractivity contribution in [3.8, 4) is 11.5 Å². The van der Waals surface area contributed by atoms with E-state index in [1.807, 2.05) is 13.0 Å². The van der Waals surface area contributed by atoms with Crippen LogP contribution in [0.15, 0.2) is 12.1 Å². The zero-order valence-electron chi connectivity index (χ0n) is 15.5. The molecule has 0 aromatic heterocycles. The van der Waals surface area contributed by atoms with E-state index in [9.17, 15) is 15.0 Å². The number of phenols is 1. The van der Waals surface area contributed by atoms with Crippen LogP contribution in [0.1, 0.15) is 50.2 Å². The lowest BCUT2D eigenvalue weighted by atomic mass is 9.52. The third-order valence-electron chi connectivity index (χ3n) is 7.51. The Kier molecular flexibility index (Phi) is 3.33. The Morgan fingerprint density at radius 2 is 2.08 bits per heavy atom. The van der Waals surface area contributed by atoms with E-state index in [2.05, 4.69) is 11.8 Å². The van der Waals surface area contributed by atoms with Gasteiger partial charge in [0.1, 0.15) is 0 Å². The fourth-order valence-corrected chi connectivity index (χ4v) is 5.90. The van der Waals surface area contributed by atoms with Gasteiger partial charge >= 0.3 is 0 Å². The van der Waals surface area contributed by atoms with Gasteiger partial charge < -0.3 is 14.9 Å². The molecule has 1 unspecified atom stereocenters. The van der Waals surface area contributed by atoms with E-state index < -0.39 is 17.1 Å². The van der Waals surface area contributed by atoms with Gasteiger partial charge in [-0.15, -0.1) is 0 Å². The normalized spacial score (nSPS) is 39.1. The van der Waals surface area contributed by atoms with Crippen molar-refractivity contribution in [3.05, 3.63) is 23.3 Å². The second-order valence-corrected chi connectivity index (χ2v) is 8.83. The average molecular weight is 357 g/mol. The summed E-state index contributed by atoms with van der Waals surface area (Å²) in [5, 5.41) is 22.4. The largest absolute Gasteiger partial charge is 0.504 e. The Labute approximate surface area is 154 Å². The topological polar surface area (TPSA) is 70.0 Å². The second kappa shape index (κ2) is 5.23. The zero-order valence-corrected chi connectivity index (χ0v) is 15.5. The molecule has 2 aliphatic heterocycles. The van der Waals surface area contributed by atoms with Crippen LogP contribution >= 0.6 is 0 Å². The number of ketones is 1. The average Bonchev–Trinajstić information content (AvgIpc) is 3.35. The molecule has 1 spiro atoms. The van der Waals surface area contributed by atoms with Crippen molar-refractivity contribution in [2.75, 3.05) is 13.1 Å². The maximum Gasteiger partial charge on any atom is 0.174 e. The molecule has 1 aromatic carbocycles. The summed E-state index contributed by atoms with van der Waals surface area (Å²) in [5.74, 6) is 1.28. The summed E-state index contributed by atoms with van der Waals surface area (Å²) in [4.78, 5) is 15.2. The standard InChI is InChI=1S/C21H27NO4/c1-12-3-6-15(23)18-17(12)20-9-10-22(11-14-4-5-14)13(2)21(20,25)8-7-16(24)19(20)26-18/h3,6,13-14,19,23,25H,4-5,7-11H2,1-2H3/t13-,19+,20+,21?/m1/s1. The van der Waals surface area contributed by atoms with E-state index >= 15 is 0 Å². The minimum atomic E-state index is -1.03. The fraction of sp³-hybridized carbons (Fsp3) is 0.667. The number of rotatable bonds is 2. The molecule has 4 aliphatic rings. The number of nitrogens with zero attached hydrogens (tertiary/aromatic N) is 1. The molecule has 1 aromatic rings. The number of carbonyl (C=O) groups is 1. The highest BCUT2D eigenvalue weighted by atomic mass is 16.5. The minimum Gasteiger partial charge on any atom is -0.504 e. The molecule has 0 amide bonds. The van der Waals surface area contributed by atoms with E-state index in [-0.39, 0.29) is 17.6 Å². The molecule has 1 saturated heterocycles. The van der Waals surface area contributed by atoms with Crippen LogP contribution in [0, 0.1) is 12.8 Å². The highest BCUT2D eigenvalue weighted by molar-refractivity contribution is 5.89. The van der Waals surface area contributed by atoms with Crippen molar-refractivity contribution >= 4 is 5.78 Å². The molecule has 4 atom stereocenters. The summed E-state index contributed by atoms with van der Waals surface area (Å²) < 4.78 is 6.06. The number of aromatic hydroxyl groups is 1. The van der Waals surface area contributed by atoms with Crippen LogP contribution in [0.3, 0.4) is 0 Å². The molecule has 2 N–H and O–H groups in total. The molecular formula is C21H27NO4. The summed E-state index contributed by atoms with van der Waals surface area (Å²) in [7, 11) is 0. The van der Waals surface area contributed by atoms with Crippen molar-refractivity contribution in [2.24, 2.45) is 5.92 Å². The first-order valence-electron chi connectivity index (χ1n) is 9.87. The maximum absolute atomic E-state index is 12.8. The molecule has 5 heteroatoms. The Hall–Kier alpha value is -1.59. The Balaban J connectivity index is 1.67. The van der Waals surface area contributed by atoms with E-state index in [0.29, 0.717) is 25.0 Å². The van der Waals surface area contributed by atoms with Gasteiger partial charge in [-0.2, -0.15) is 0 Å². The number of likely N-dealkylation sites (tertiary alicyclic amines) is 1. The molecule has 2 saturated carbocycles. The van der Waals surface area contributed by atoms with Crippen LogP contribution in [-0.2, 0) is 10.2 Å². The van der Waals surface area contributed by atoms with Crippen molar-refractivity contribution in [1.29, 1.82) is 0 Å². The highest BCUT2D eigenvalue weighted by Crippen LogP contribution is 2.62. The van der Waals surface area contributed by atoms with Gasteiger partial charge in [-0.05, 0) is 63.6 Å². The van der Waals surface area contributed by atoms with E-state index in [1.54, 1.807) is 6.07 Å². The quantitative estimate of drug-likeness (QED) is 0.850. The Morgan fingerprint density at radius 3 is 2.81 bits per heavy atom. The van der Waals surface area contributed by atoms with Crippen molar-refractivity contribution in [1.82, 2.24) is 4.90 Å². The highest BCUT2D eigenvalue weighted by Gasteiger charge is 2.70. The first kappa shape index (κ1) is 16.6. The smallest absolute Gasteiger partial charge is 0.174 e. The second-order valence-electron chi connectivity index (χ2n) is 8.83. The predicted octanol–water partition coefficient (Wildman–Crippen LogP) is 2.30. The number of phenolic OH excluding ortho intramolecular Hbond substituents is 1. The van der Waals surface area contributed by atoms with E-state index in [0.717, 1.165) is 30.1 Å². The number of fused-ring (bicyclic) bond motifs is 1. The number of piperidine rings is 1. The van der Waals surface area contributed by atoms with Gasteiger partial charge in [0.05, 0.1) is 11.0 Å². The van der Waals surface area contributed by atoms with Gasteiger partial charge in [0.15, 0.2) is 23.4 Å². The van der Waals surface area contributed by atoms with Crippen LogP contribution < -0.4 is 4.74 Å². The molecular weight excluding hydrogens is 330 g/mol. The molecule has 0 radical (unpaired) electrons. The predicted molar refractivity (Wildman–Crippen MR) is 96.5 cm³/mol. The van der Waals surface area contributed by atoms with E-state index in [4.69, 9.17) is 4.74 Å². The van der Waals surface area contributed by atoms with Crippen LogP contribution in [0.2, 0.25) is 0 Å². The minimum absolute atomic E-state index is 0.0382. The number of hydrogen-bond acceptors (Lipinski definition) is 5. The van der Waals surface area contributed by atoms with Gasteiger partial charge in [-0.25, -0.2) is 0 Å². The number of ether oxygens (including phenoxy) is 1. The Bertz CT molecular complexity index is 788. The van der Waals surface area contributed by atoms with Gasteiger partial charge in [0, 0.05) is 24.6 Å². The van der Waals surface area contributed by atoms with Gasteiger partial charge in [-0.3, -0.25) is 9.69 Å². The van der Waals surface area contributed by atoms with Crippen molar-refractivity contribution in [3.63, 3.8) is 0 Å². The molecule has 5 nitrogen and oxygen atoms in total. The molecule has 5 rings (SSSR count).